The Balaban J connectivity index is 2.29. The van der Waals surface area contributed by atoms with E-state index in [0.717, 1.165) is 13.0 Å². The maximum absolute atomic E-state index is 12.6. The Labute approximate surface area is 122 Å². The van der Waals surface area contributed by atoms with Gasteiger partial charge in [-0.15, -0.1) is 0 Å². The molecular formula is C16H29NO3. The summed E-state index contributed by atoms with van der Waals surface area (Å²) in [6.07, 6.45) is 0.879. The average molecular weight is 283 g/mol. The van der Waals surface area contributed by atoms with E-state index in [0.29, 0.717) is 6.54 Å². The zero-order valence-corrected chi connectivity index (χ0v) is 13.9. The van der Waals surface area contributed by atoms with Crippen LogP contribution in [-0.4, -0.2) is 35.9 Å². The predicted octanol–water partition coefficient (Wildman–Crippen LogP) is 2.51. The molecule has 0 aromatic rings. The van der Waals surface area contributed by atoms with Gasteiger partial charge in [0.1, 0.15) is 5.60 Å². The predicted molar refractivity (Wildman–Crippen MR) is 78.5 cm³/mol. The van der Waals surface area contributed by atoms with Crippen LogP contribution >= 0.6 is 0 Å². The first-order chi connectivity index (χ1) is 8.89. The molecule has 1 spiro atoms. The molecule has 2 fully saturated rings. The molecule has 0 bridgehead atoms. The molecular weight excluding hydrogens is 254 g/mol. The first kappa shape index (κ1) is 15.8. The van der Waals surface area contributed by atoms with E-state index < -0.39 is 5.60 Å². The van der Waals surface area contributed by atoms with Crippen molar-refractivity contribution in [3.05, 3.63) is 0 Å². The molecule has 2 aliphatic rings. The summed E-state index contributed by atoms with van der Waals surface area (Å²) in [5.74, 6) is -0.240. The second-order valence-electron chi connectivity index (χ2n) is 8.42. The Morgan fingerprint density at radius 1 is 1.25 bits per heavy atom. The molecule has 2 heterocycles. The highest BCUT2D eigenvalue weighted by atomic mass is 16.6. The van der Waals surface area contributed by atoms with Crippen molar-refractivity contribution in [2.24, 2.45) is 11.3 Å². The molecule has 0 aromatic heterocycles. The Bertz CT molecular complexity index is 408. The summed E-state index contributed by atoms with van der Waals surface area (Å²) in [7, 11) is 0. The number of esters is 1. The first-order valence-electron chi connectivity index (χ1n) is 7.52. The third kappa shape index (κ3) is 2.60. The largest absolute Gasteiger partial charge is 0.460 e. The standard InChI is InChI=1S/C16H29NO3/c1-13(2,3)19-12(18)11-8-17-10-16(11)9-14(4,5)20-15(16,6)7/h11,17H,8-10H2,1-7H3. The number of hydrogen-bond acceptors (Lipinski definition) is 4. The number of carbonyl (C=O) groups excluding carboxylic acids is 1. The van der Waals surface area contributed by atoms with E-state index >= 15 is 0 Å². The van der Waals surface area contributed by atoms with Crippen LogP contribution in [-0.2, 0) is 14.3 Å². The van der Waals surface area contributed by atoms with Crippen LogP contribution < -0.4 is 5.32 Å². The highest BCUT2D eigenvalue weighted by Crippen LogP contribution is 2.56. The van der Waals surface area contributed by atoms with Gasteiger partial charge in [0.15, 0.2) is 0 Å². The van der Waals surface area contributed by atoms with Gasteiger partial charge in [0.25, 0.3) is 0 Å². The number of nitrogens with one attached hydrogen (secondary N) is 1. The topological polar surface area (TPSA) is 47.6 Å². The third-order valence-electron chi connectivity index (χ3n) is 4.62. The summed E-state index contributed by atoms with van der Waals surface area (Å²) in [5.41, 5.74) is -1.16. The molecule has 4 heteroatoms. The highest BCUT2D eigenvalue weighted by molar-refractivity contribution is 5.75. The van der Waals surface area contributed by atoms with Crippen LogP contribution in [0.4, 0.5) is 0 Å². The molecule has 0 aliphatic carbocycles. The molecule has 116 valence electrons. The first-order valence-corrected chi connectivity index (χ1v) is 7.52. The Morgan fingerprint density at radius 2 is 1.85 bits per heavy atom. The normalized spacial score (nSPS) is 35.5. The molecule has 4 nitrogen and oxygen atoms in total. The lowest BCUT2D eigenvalue weighted by Crippen LogP contribution is -2.49. The zero-order valence-electron chi connectivity index (χ0n) is 13.9. The zero-order chi connectivity index (χ0) is 15.4. The van der Waals surface area contributed by atoms with Crippen molar-refractivity contribution in [2.75, 3.05) is 13.1 Å². The fourth-order valence-electron chi connectivity index (χ4n) is 4.06. The monoisotopic (exact) mass is 283 g/mol. The third-order valence-corrected chi connectivity index (χ3v) is 4.62. The van der Waals surface area contributed by atoms with E-state index in [4.69, 9.17) is 9.47 Å². The van der Waals surface area contributed by atoms with Gasteiger partial charge in [-0.25, -0.2) is 0 Å². The van der Waals surface area contributed by atoms with Crippen molar-refractivity contribution >= 4 is 5.97 Å². The van der Waals surface area contributed by atoms with Gasteiger partial charge >= 0.3 is 5.97 Å². The SMILES string of the molecule is CC(C)(C)OC(=O)C1CNCC12CC(C)(C)OC2(C)C. The van der Waals surface area contributed by atoms with E-state index in [1.807, 2.05) is 20.8 Å². The van der Waals surface area contributed by atoms with Crippen LogP contribution in [0.25, 0.3) is 0 Å². The van der Waals surface area contributed by atoms with Crippen LogP contribution in [0.2, 0.25) is 0 Å². The van der Waals surface area contributed by atoms with E-state index in [9.17, 15) is 4.79 Å². The summed E-state index contributed by atoms with van der Waals surface area (Å²) in [5, 5.41) is 3.38. The van der Waals surface area contributed by atoms with Crippen LogP contribution in [0, 0.1) is 11.3 Å². The van der Waals surface area contributed by atoms with Crippen LogP contribution in [0.15, 0.2) is 0 Å². The van der Waals surface area contributed by atoms with Crippen molar-refractivity contribution in [3.8, 4) is 0 Å². The Morgan fingerprint density at radius 3 is 2.30 bits per heavy atom. The summed E-state index contributed by atoms with van der Waals surface area (Å²) in [4.78, 5) is 12.6. The Hall–Kier alpha value is -0.610. The lowest BCUT2D eigenvalue weighted by Gasteiger charge is -2.40. The summed E-state index contributed by atoms with van der Waals surface area (Å²) >= 11 is 0. The van der Waals surface area contributed by atoms with Gasteiger partial charge in [-0.3, -0.25) is 4.79 Å². The lowest BCUT2D eigenvalue weighted by molar-refractivity contribution is -0.168. The van der Waals surface area contributed by atoms with Crippen molar-refractivity contribution in [3.63, 3.8) is 0 Å². The minimum absolute atomic E-state index is 0.100. The minimum atomic E-state index is -0.444. The molecule has 2 saturated heterocycles. The van der Waals surface area contributed by atoms with E-state index in [1.165, 1.54) is 0 Å². The molecule has 0 radical (unpaired) electrons. The summed E-state index contributed by atoms with van der Waals surface area (Å²) in [6, 6.07) is 0. The van der Waals surface area contributed by atoms with Gasteiger partial charge in [-0.2, -0.15) is 0 Å². The fourth-order valence-corrected chi connectivity index (χ4v) is 4.06. The second kappa shape index (κ2) is 4.44. The maximum atomic E-state index is 12.6. The molecule has 2 aliphatic heterocycles. The number of carbonyl (C=O) groups is 1. The molecule has 0 aromatic carbocycles. The van der Waals surface area contributed by atoms with Crippen LogP contribution in [0.3, 0.4) is 0 Å². The average Bonchev–Trinajstić information content (AvgIpc) is 2.63. The smallest absolute Gasteiger partial charge is 0.311 e. The number of rotatable bonds is 1. The molecule has 0 amide bonds. The molecule has 1 N–H and O–H groups in total. The number of hydrogen-bond donors (Lipinski definition) is 1. The van der Waals surface area contributed by atoms with Crippen molar-refractivity contribution in [2.45, 2.75) is 71.7 Å². The fraction of sp³-hybridized carbons (Fsp3) is 0.938. The van der Waals surface area contributed by atoms with Crippen molar-refractivity contribution in [1.82, 2.24) is 5.32 Å². The highest BCUT2D eigenvalue weighted by Gasteiger charge is 2.64. The van der Waals surface area contributed by atoms with Gasteiger partial charge in [-0.1, -0.05) is 0 Å². The molecule has 2 rings (SSSR count). The van der Waals surface area contributed by atoms with Crippen molar-refractivity contribution in [1.29, 1.82) is 0 Å². The summed E-state index contributed by atoms with van der Waals surface area (Å²) < 4.78 is 11.9. The van der Waals surface area contributed by atoms with E-state index in [2.05, 4.69) is 33.0 Å². The minimum Gasteiger partial charge on any atom is -0.460 e. The second-order valence-corrected chi connectivity index (χ2v) is 8.42. The van der Waals surface area contributed by atoms with Gasteiger partial charge < -0.3 is 14.8 Å². The van der Waals surface area contributed by atoms with Gasteiger partial charge in [0.05, 0.1) is 17.1 Å². The van der Waals surface area contributed by atoms with Crippen LogP contribution in [0.1, 0.15) is 54.9 Å². The lowest BCUT2D eigenvalue weighted by atomic mass is 9.65. The van der Waals surface area contributed by atoms with E-state index in [1.54, 1.807) is 0 Å². The Kier molecular flexibility index (Phi) is 3.50. The number of ether oxygens (including phenoxy) is 2. The summed E-state index contributed by atoms with van der Waals surface area (Å²) in [6.45, 7) is 15.7. The molecule has 0 saturated carbocycles. The van der Waals surface area contributed by atoms with Crippen LogP contribution in [0.5, 0.6) is 0 Å². The van der Waals surface area contributed by atoms with E-state index in [-0.39, 0.29) is 28.5 Å². The molecule has 2 atom stereocenters. The van der Waals surface area contributed by atoms with Gasteiger partial charge in [0, 0.05) is 18.5 Å². The maximum Gasteiger partial charge on any atom is 0.311 e. The van der Waals surface area contributed by atoms with Crippen molar-refractivity contribution < 1.29 is 14.3 Å². The van der Waals surface area contributed by atoms with Gasteiger partial charge in [0.2, 0.25) is 0 Å². The molecule has 2 unspecified atom stereocenters. The molecule has 20 heavy (non-hydrogen) atoms. The quantitative estimate of drug-likeness (QED) is 0.751. The van der Waals surface area contributed by atoms with Gasteiger partial charge in [-0.05, 0) is 54.9 Å².